The molecule has 1 atom stereocenters. The summed E-state index contributed by atoms with van der Waals surface area (Å²) < 4.78 is 3.76. The smallest absolute Gasteiger partial charge is 0.170 e. The molecule has 0 unspecified atom stereocenters. The lowest BCUT2D eigenvalue weighted by Crippen LogP contribution is -2.25. The lowest BCUT2D eigenvalue weighted by molar-refractivity contribution is 0.240. The molecule has 2 aromatic heterocycles. The number of para-hydroxylation sites is 1. The van der Waals surface area contributed by atoms with Gasteiger partial charge in [0, 0.05) is 24.8 Å². The first-order chi connectivity index (χ1) is 12.1. The molecule has 0 radical (unpaired) electrons. The molecular formula is C18H23N7. The van der Waals surface area contributed by atoms with Crippen molar-refractivity contribution in [1.82, 2.24) is 34.9 Å². The first kappa shape index (κ1) is 16.0. The van der Waals surface area contributed by atoms with E-state index >= 15 is 0 Å². The summed E-state index contributed by atoms with van der Waals surface area (Å²) in [5.41, 5.74) is 4.71. The first-order valence-electron chi connectivity index (χ1n) is 8.70. The second kappa shape index (κ2) is 6.40. The molecule has 4 rings (SSSR count). The number of likely N-dealkylation sites (tertiary alicyclic amines) is 1. The summed E-state index contributed by atoms with van der Waals surface area (Å²) >= 11 is 0. The number of hydrogen-bond donors (Lipinski definition) is 0. The number of tetrazole rings is 1. The Labute approximate surface area is 147 Å². The maximum absolute atomic E-state index is 4.33. The summed E-state index contributed by atoms with van der Waals surface area (Å²) in [6.45, 7) is 5.99. The van der Waals surface area contributed by atoms with Crippen molar-refractivity contribution in [1.29, 1.82) is 0 Å². The standard InChI is InChI=1S/C18H23N7/c1-13-6-4-7-14(2)18(13)25-17(20-21-22-25)12-24-9-5-8-16(24)15-10-19-23(3)11-15/h4,6-7,10-11,16H,5,8-9,12H2,1-3H3/t16-/m0/s1. The largest absolute Gasteiger partial charge is 0.289 e. The van der Waals surface area contributed by atoms with E-state index in [4.69, 9.17) is 0 Å². The van der Waals surface area contributed by atoms with Crippen LogP contribution >= 0.6 is 0 Å². The van der Waals surface area contributed by atoms with Crippen molar-refractivity contribution in [2.45, 2.75) is 39.3 Å². The number of aromatic nitrogens is 6. The Bertz CT molecular complexity index is 859. The van der Waals surface area contributed by atoms with Crippen LogP contribution in [0.2, 0.25) is 0 Å². The van der Waals surface area contributed by atoms with Crippen LogP contribution in [0.5, 0.6) is 0 Å². The molecule has 0 amide bonds. The molecule has 0 aliphatic carbocycles. The van der Waals surface area contributed by atoms with Crippen molar-refractivity contribution in [2.24, 2.45) is 7.05 Å². The minimum absolute atomic E-state index is 0.386. The average Bonchev–Trinajstić information content (AvgIpc) is 3.30. The Morgan fingerprint density at radius 1 is 1.20 bits per heavy atom. The molecule has 1 aliphatic rings. The van der Waals surface area contributed by atoms with E-state index in [0.29, 0.717) is 6.04 Å². The van der Waals surface area contributed by atoms with Crippen LogP contribution in [-0.2, 0) is 13.6 Å². The van der Waals surface area contributed by atoms with Gasteiger partial charge in [-0.05, 0) is 54.8 Å². The zero-order chi connectivity index (χ0) is 17.4. The van der Waals surface area contributed by atoms with Crippen molar-refractivity contribution >= 4 is 0 Å². The van der Waals surface area contributed by atoms with Gasteiger partial charge in [-0.2, -0.15) is 9.78 Å². The van der Waals surface area contributed by atoms with Gasteiger partial charge in [-0.3, -0.25) is 9.58 Å². The highest BCUT2D eigenvalue weighted by Crippen LogP contribution is 2.32. The summed E-state index contributed by atoms with van der Waals surface area (Å²) in [7, 11) is 1.96. The third kappa shape index (κ3) is 2.95. The molecule has 7 heteroatoms. The van der Waals surface area contributed by atoms with Crippen LogP contribution in [0, 0.1) is 13.8 Å². The molecular weight excluding hydrogens is 314 g/mol. The van der Waals surface area contributed by atoms with Gasteiger partial charge in [0.05, 0.1) is 18.4 Å². The predicted octanol–water partition coefficient (Wildman–Crippen LogP) is 2.35. The van der Waals surface area contributed by atoms with Gasteiger partial charge in [0.15, 0.2) is 5.82 Å². The van der Waals surface area contributed by atoms with Crippen LogP contribution in [-0.4, -0.2) is 41.4 Å². The number of rotatable bonds is 4. The Morgan fingerprint density at radius 3 is 2.72 bits per heavy atom. The first-order valence-corrected chi connectivity index (χ1v) is 8.70. The Kier molecular flexibility index (Phi) is 4.09. The van der Waals surface area contributed by atoms with Gasteiger partial charge < -0.3 is 0 Å². The van der Waals surface area contributed by atoms with Crippen molar-refractivity contribution in [2.75, 3.05) is 6.54 Å². The number of aryl methyl sites for hydroxylation is 3. The molecule has 1 aromatic carbocycles. The monoisotopic (exact) mass is 337 g/mol. The van der Waals surface area contributed by atoms with Crippen molar-refractivity contribution in [3.63, 3.8) is 0 Å². The second-order valence-corrected chi connectivity index (χ2v) is 6.82. The lowest BCUT2D eigenvalue weighted by atomic mass is 10.1. The number of nitrogens with zero attached hydrogens (tertiary/aromatic N) is 7. The highest BCUT2D eigenvalue weighted by Gasteiger charge is 2.28. The van der Waals surface area contributed by atoms with Gasteiger partial charge >= 0.3 is 0 Å². The minimum Gasteiger partial charge on any atom is -0.289 e. The maximum atomic E-state index is 4.33. The van der Waals surface area contributed by atoms with Crippen LogP contribution in [0.15, 0.2) is 30.6 Å². The highest BCUT2D eigenvalue weighted by molar-refractivity contribution is 5.46. The highest BCUT2D eigenvalue weighted by atomic mass is 15.5. The molecule has 0 bridgehead atoms. The van der Waals surface area contributed by atoms with E-state index in [-0.39, 0.29) is 0 Å². The number of benzene rings is 1. The Morgan fingerprint density at radius 2 is 2.00 bits per heavy atom. The van der Waals surface area contributed by atoms with Crippen molar-refractivity contribution in [3.05, 3.63) is 53.1 Å². The van der Waals surface area contributed by atoms with Crippen LogP contribution in [0.4, 0.5) is 0 Å². The van der Waals surface area contributed by atoms with Crippen molar-refractivity contribution in [3.8, 4) is 5.69 Å². The van der Waals surface area contributed by atoms with E-state index in [0.717, 1.165) is 31.0 Å². The zero-order valence-electron chi connectivity index (χ0n) is 14.9. The summed E-state index contributed by atoms with van der Waals surface area (Å²) in [5.74, 6) is 0.883. The van der Waals surface area contributed by atoms with E-state index in [1.165, 1.54) is 23.1 Å². The molecule has 3 aromatic rings. The van der Waals surface area contributed by atoms with E-state index < -0.39 is 0 Å². The SMILES string of the molecule is Cc1cccc(C)c1-n1nnnc1CN1CCC[C@H]1c1cnn(C)c1. The Balaban J connectivity index is 1.63. The lowest BCUT2D eigenvalue weighted by Gasteiger charge is -2.23. The van der Waals surface area contributed by atoms with Crippen LogP contribution in [0.3, 0.4) is 0 Å². The minimum atomic E-state index is 0.386. The molecule has 0 spiro atoms. The summed E-state index contributed by atoms with van der Waals surface area (Å²) in [6.07, 6.45) is 6.41. The van der Waals surface area contributed by atoms with Crippen LogP contribution < -0.4 is 0 Å². The average molecular weight is 337 g/mol. The maximum Gasteiger partial charge on any atom is 0.170 e. The molecule has 130 valence electrons. The summed E-state index contributed by atoms with van der Waals surface area (Å²) in [5, 5.41) is 16.8. The molecule has 3 heterocycles. The quantitative estimate of drug-likeness (QED) is 0.731. The molecule has 1 fully saturated rings. The predicted molar refractivity (Wildman–Crippen MR) is 94.2 cm³/mol. The molecule has 1 aliphatic heterocycles. The van der Waals surface area contributed by atoms with Crippen LogP contribution in [0.25, 0.3) is 5.69 Å². The van der Waals surface area contributed by atoms with Crippen molar-refractivity contribution < 1.29 is 0 Å². The van der Waals surface area contributed by atoms with Gasteiger partial charge in [-0.15, -0.1) is 5.10 Å². The third-order valence-electron chi connectivity index (χ3n) is 5.00. The number of hydrogen-bond acceptors (Lipinski definition) is 5. The van der Waals surface area contributed by atoms with Crippen LogP contribution in [0.1, 0.15) is 41.4 Å². The molecule has 25 heavy (non-hydrogen) atoms. The van der Waals surface area contributed by atoms with E-state index in [1.54, 1.807) is 0 Å². The molecule has 7 nitrogen and oxygen atoms in total. The zero-order valence-corrected chi connectivity index (χ0v) is 14.9. The summed E-state index contributed by atoms with van der Waals surface area (Å²) in [4.78, 5) is 2.45. The van der Waals surface area contributed by atoms with Gasteiger partial charge in [0.2, 0.25) is 0 Å². The van der Waals surface area contributed by atoms with Gasteiger partial charge in [0.1, 0.15) is 0 Å². The van der Waals surface area contributed by atoms with E-state index in [9.17, 15) is 0 Å². The molecule has 1 saturated heterocycles. The fraction of sp³-hybridized carbons (Fsp3) is 0.444. The normalized spacial score (nSPS) is 18.1. The fourth-order valence-electron chi connectivity index (χ4n) is 3.80. The fourth-order valence-corrected chi connectivity index (χ4v) is 3.80. The third-order valence-corrected chi connectivity index (χ3v) is 5.00. The van der Waals surface area contributed by atoms with Gasteiger partial charge in [-0.1, -0.05) is 18.2 Å². The van der Waals surface area contributed by atoms with E-state index in [1.807, 2.05) is 22.6 Å². The Hall–Kier alpha value is -2.54. The van der Waals surface area contributed by atoms with Gasteiger partial charge in [0.25, 0.3) is 0 Å². The summed E-state index contributed by atoms with van der Waals surface area (Å²) in [6, 6.07) is 6.65. The van der Waals surface area contributed by atoms with Gasteiger partial charge in [-0.25, -0.2) is 0 Å². The topological polar surface area (TPSA) is 64.7 Å². The molecule has 0 N–H and O–H groups in total. The molecule has 0 saturated carbocycles. The van der Waals surface area contributed by atoms with E-state index in [2.05, 4.69) is 63.8 Å². The second-order valence-electron chi connectivity index (χ2n) is 6.82.